The van der Waals surface area contributed by atoms with Crippen LogP contribution in [0.2, 0.25) is 0 Å². The summed E-state index contributed by atoms with van der Waals surface area (Å²) in [5.74, 6) is -3.14. The van der Waals surface area contributed by atoms with Gasteiger partial charge in [-0.3, -0.25) is 19.8 Å². The minimum absolute atomic E-state index is 0.0300. The third kappa shape index (κ3) is 6.22. The highest BCUT2D eigenvalue weighted by atomic mass is 19.3. The number of Topliss-reactive ketones (excluding diaryl/α,β-unsaturated/α-hetero) is 1. The van der Waals surface area contributed by atoms with E-state index in [0.29, 0.717) is 0 Å². The van der Waals surface area contributed by atoms with Crippen LogP contribution in [0.25, 0.3) is 0 Å². The van der Waals surface area contributed by atoms with Crippen LogP contribution in [0, 0.1) is 11.6 Å². The summed E-state index contributed by atoms with van der Waals surface area (Å²) in [7, 11) is 0. The molecule has 198 valence electrons. The smallest absolute Gasteiger partial charge is 0.414 e. The lowest BCUT2D eigenvalue weighted by Gasteiger charge is -2.24. The molecule has 2 aliphatic heterocycles. The van der Waals surface area contributed by atoms with Crippen molar-refractivity contribution in [2.75, 3.05) is 47.9 Å². The van der Waals surface area contributed by atoms with Crippen LogP contribution in [-0.2, 0) is 14.4 Å². The zero-order chi connectivity index (χ0) is 26.5. The molecule has 2 aliphatic rings. The highest BCUT2D eigenvalue weighted by molar-refractivity contribution is 5.90. The number of anilines is 3. The second kappa shape index (κ2) is 11.4. The van der Waals surface area contributed by atoms with Crippen LogP contribution in [0.15, 0.2) is 30.6 Å². The molecule has 0 unspecified atom stereocenters. The number of halogens is 4. The molecule has 3 heterocycles. The van der Waals surface area contributed by atoms with Gasteiger partial charge in [-0.1, -0.05) is 0 Å². The number of alkyl halides is 2. The largest absolute Gasteiger partial charge is 0.444 e. The molecule has 0 saturated carbocycles. The summed E-state index contributed by atoms with van der Waals surface area (Å²) in [6.07, 6.45) is -2.64. The minimum atomic E-state index is -3.12. The lowest BCUT2D eigenvalue weighted by atomic mass is 10.1. The maximum absolute atomic E-state index is 15.1. The molecule has 1 N–H and O–H groups in total. The van der Waals surface area contributed by atoms with Crippen molar-refractivity contribution in [3.63, 3.8) is 0 Å². The van der Waals surface area contributed by atoms with Crippen molar-refractivity contribution in [1.82, 2.24) is 15.0 Å². The van der Waals surface area contributed by atoms with E-state index in [1.807, 2.05) is 0 Å². The van der Waals surface area contributed by atoms with Crippen LogP contribution in [0.3, 0.4) is 0 Å². The van der Waals surface area contributed by atoms with Crippen molar-refractivity contribution in [3.05, 3.63) is 42.2 Å². The third-order valence-electron chi connectivity index (χ3n) is 5.65. The number of urea groups is 1. The summed E-state index contributed by atoms with van der Waals surface area (Å²) in [4.78, 5) is 51.2. The number of cyclic esters (lactones) is 1. The third-order valence-corrected chi connectivity index (χ3v) is 5.65. The lowest BCUT2D eigenvalue weighted by molar-refractivity contribution is -0.129. The molecule has 0 radical (unpaired) electrons. The summed E-state index contributed by atoms with van der Waals surface area (Å²) in [5, 5.41) is 3.45. The Hall–Kier alpha value is -4.01. The second-order valence-corrected chi connectivity index (χ2v) is 8.11. The normalized spacial score (nSPS) is 18.1. The second-order valence-electron chi connectivity index (χ2n) is 8.11. The quantitative estimate of drug-likeness (QED) is 0.548. The SMILES string of the molecule is O=C(CC[C@H]1CN(c2cc(F)c(N3CCON(C(=O)Nc4ncccn4)CC3)c(F)c2)C(=O)O1)C(F)F. The number of ketones is 1. The van der Waals surface area contributed by atoms with Gasteiger partial charge in [0.1, 0.15) is 11.8 Å². The van der Waals surface area contributed by atoms with Gasteiger partial charge < -0.3 is 9.64 Å². The van der Waals surface area contributed by atoms with Gasteiger partial charge in [0.25, 0.3) is 6.43 Å². The van der Waals surface area contributed by atoms with Crippen molar-refractivity contribution in [1.29, 1.82) is 0 Å². The zero-order valence-electron chi connectivity index (χ0n) is 19.3. The molecule has 2 fully saturated rings. The Labute approximate surface area is 207 Å². The topological polar surface area (TPSA) is 117 Å². The fourth-order valence-electron chi connectivity index (χ4n) is 3.86. The maximum atomic E-state index is 15.1. The number of amides is 3. The number of carbonyl (C=O) groups is 3. The van der Waals surface area contributed by atoms with Gasteiger partial charge in [-0.15, -0.1) is 0 Å². The number of carbonyl (C=O) groups excluding carboxylic acids is 3. The van der Waals surface area contributed by atoms with Crippen LogP contribution in [-0.4, -0.2) is 78.3 Å². The number of nitrogens with zero attached hydrogens (tertiary/aromatic N) is 5. The van der Waals surface area contributed by atoms with Gasteiger partial charge in [0, 0.05) is 44.0 Å². The van der Waals surface area contributed by atoms with Gasteiger partial charge in [0.2, 0.25) is 5.95 Å². The number of ether oxygens (including phenoxy) is 1. The molecule has 2 saturated heterocycles. The zero-order valence-corrected chi connectivity index (χ0v) is 19.3. The lowest BCUT2D eigenvalue weighted by Crippen LogP contribution is -2.38. The Morgan fingerprint density at radius 3 is 2.49 bits per heavy atom. The van der Waals surface area contributed by atoms with Crippen LogP contribution in [0.5, 0.6) is 0 Å². The number of rotatable bonds is 7. The van der Waals surface area contributed by atoms with Crippen molar-refractivity contribution < 1.29 is 41.5 Å². The monoisotopic (exact) mass is 526 g/mol. The van der Waals surface area contributed by atoms with Crippen molar-refractivity contribution in [3.8, 4) is 0 Å². The molecule has 0 spiro atoms. The molecule has 3 amide bonds. The highest BCUT2D eigenvalue weighted by Crippen LogP contribution is 2.32. The first kappa shape index (κ1) is 26.1. The van der Waals surface area contributed by atoms with Crippen molar-refractivity contribution in [2.24, 2.45) is 0 Å². The average Bonchev–Trinajstić information content (AvgIpc) is 3.07. The van der Waals surface area contributed by atoms with Gasteiger partial charge in [-0.25, -0.2) is 42.2 Å². The van der Waals surface area contributed by atoms with Crippen LogP contribution >= 0.6 is 0 Å². The number of hydroxylamine groups is 2. The summed E-state index contributed by atoms with van der Waals surface area (Å²) >= 11 is 0. The van der Waals surface area contributed by atoms with E-state index >= 15 is 8.78 Å². The first-order valence-corrected chi connectivity index (χ1v) is 11.2. The Morgan fingerprint density at radius 1 is 1.11 bits per heavy atom. The first-order chi connectivity index (χ1) is 17.7. The fourth-order valence-corrected chi connectivity index (χ4v) is 3.86. The molecule has 0 bridgehead atoms. The maximum Gasteiger partial charge on any atom is 0.414 e. The molecule has 0 aliphatic carbocycles. The number of nitrogens with one attached hydrogen (secondary N) is 1. The number of aromatic nitrogens is 2. The van der Waals surface area contributed by atoms with Crippen molar-refractivity contribution >= 4 is 35.2 Å². The van der Waals surface area contributed by atoms with E-state index in [2.05, 4.69) is 15.3 Å². The minimum Gasteiger partial charge on any atom is -0.444 e. The molecule has 1 aromatic heterocycles. The van der Waals surface area contributed by atoms with Crippen molar-refractivity contribution in [2.45, 2.75) is 25.4 Å². The van der Waals surface area contributed by atoms with Gasteiger partial charge >= 0.3 is 12.1 Å². The van der Waals surface area contributed by atoms with Crippen LogP contribution < -0.4 is 15.1 Å². The summed E-state index contributed by atoms with van der Waals surface area (Å²) < 4.78 is 59.9. The van der Waals surface area contributed by atoms with E-state index in [1.54, 1.807) is 6.07 Å². The number of benzene rings is 1. The number of hydrogen-bond acceptors (Lipinski definition) is 8. The summed E-state index contributed by atoms with van der Waals surface area (Å²) in [6, 6.07) is 2.83. The van der Waals surface area contributed by atoms with Crippen LogP contribution in [0.4, 0.5) is 44.5 Å². The Kier molecular flexibility index (Phi) is 8.01. The molecule has 11 nitrogen and oxygen atoms in total. The van der Waals surface area contributed by atoms with E-state index in [1.165, 1.54) is 17.3 Å². The van der Waals surface area contributed by atoms with E-state index in [0.717, 1.165) is 22.1 Å². The molecule has 1 aromatic carbocycles. The Balaban J connectivity index is 1.39. The van der Waals surface area contributed by atoms with Gasteiger partial charge in [0.05, 0.1) is 25.4 Å². The van der Waals surface area contributed by atoms with Gasteiger partial charge in [-0.05, 0) is 12.5 Å². The molecular weight excluding hydrogens is 504 g/mol. The fraction of sp³-hybridized carbons (Fsp3) is 0.409. The van der Waals surface area contributed by atoms with E-state index in [-0.39, 0.29) is 56.5 Å². The summed E-state index contributed by atoms with van der Waals surface area (Å²) in [5.41, 5.74) is -0.492. The Morgan fingerprint density at radius 2 is 1.81 bits per heavy atom. The Bertz CT molecular complexity index is 1130. The van der Waals surface area contributed by atoms with Gasteiger partial charge in [-0.2, -0.15) is 0 Å². The predicted molar refractivity (Wildman–Crippen MR) is 120 cm³/mol. The van der Waals surface area contributed by atoms with E-state index in [9.17, 15) is 23.2 Å². The molecule has 15 heteroatoms. The highest BCUT2D eigenvalue weighted by Gasteiger charge is 2.34. The van der Waals surface area contributed by atoms with E-state index < -0.39 is 48.5 Å². The standard InChI is InChI=1S/C22H22F4N6O5/c23-15-10-13(31-12-14(37-22(31)35)2-3-17(33)19(25)26)11-16(24)18(15)30-6-7-32(36-9-8-30)21(34)29-20-27-4-1-5-28-20/h1,4-5,10-11,14,19H,2-3,6-9,12H2,(H,27,28,29,34)/t14-/m0/s1. The molecule has 37 heavy (non-hydrogen) atoms. The summed E-state index contributed by atoms with van der Waals surface area (Å²) in [6.45, 7) is -0.148. The average molecular weight is 526 g/mol. The molecule has 1 atom stereocenters. The first-order valence-electron chi connectivity index (χ1n) is 11.2. The van der Waals surface area contributed by atoms with Gasteiger partial charge in [0.15, 0.2) is 17.4 Å². The predicted octanol–water partition coefficient (Wildman–Crippen LogP) is 2.98. The number of hydrogen-bond donors (Lipinski definition) is 1. The molecule has 4 rings (SSSR count). The molecular formula is C22H22F4N6O5. The van der Waals surface area contributed by atoms with Crippen LogP contribution in [0.1, 0.15) is 12.8 Å². The molecule has 2 aromatic rings. The van der Waals surface area contributed by atoms with E-state index in [4.69, 9.17) is 9.57 Å².